The molecule has 0 aliphatic heterocycles. The number of nitrogens with zero attached hydrogens (tertiary/aromatic N) is 2. The summed E-state index contributed by atoms with van der Waals surface area (Å²) in [7, 11) is 0. The van der Waals surface area contributed by atoms with Crippen molar-refractivity contribution in [1.29, 1.82) is 0 Å². The van der Waals surface area contributed by atoms with Gasteiger partial charge in [0, 0.05) is 21.9 Å². The summed E-state index contributed by atoms with van der Waals surface area (Å²) in [6.45, 7) is 0.368. The van der Waals surface area contributed by atoms with Gasteiger partial charge in [-0.3, -0.25) is 4.79 Å². The van der Waals surface area contributed by atoms with Gasteiger partial charge in [0.25, 0.3) is 5.56 Å². The van der Waals surface area contributed by atoms with Gasteiger partial charge in [-0.1, -0.05) is 45.2 Å². The molecule has 1 heterocycles. The second-order valence-electron chi connectivity index (χ2n) is 3.39. The van der Waals surface area contributed by atoms with Crippen LogP contribution in [0.2, 0.25) is 10.2 Å². The number of aromatic nitrogens is 2. The maximum absolute atomic E-state index is 11.7. The van der Waals surface area contributed by atoms with Gasteiger partial charge in [0.05, 0.1) is 6.54 Å². The molecule has 0 saturated carbocycles. The molecular weight excluding hydrogens is 327 g/mol. The molecule has 1 aromatic carbocycles. The van der Waals surface area contributed by atoms with Crippen molar-refractivity contribution in [1.82, 2.24) is 9.55 Å². The van der Waals surface area contributed by atoms with Crippen molar-refractivity contribution in [3.8, 4) is 0 Å². The predicted molar refractivity (Wildman–Crippen MR) is 71.8 cm³/mol. The second kappa shape index (κ2) is 5.21. The molecular formula is C11H7BrCl2N2O. The lowest BCUT2D eigenvalue weighted by atomic mass is 10.2. The number of hydrogen-bond acceptors (Lipinski definition) is 2. The molecule has 0 saturated heterocycles. The molecule has 0 bridgehead atoms. The Hall–Kier alpha value is -0.840. The first-order chi connectivity index (χ1) is 8.08. The fraction of sp³-hybridized carbons (Fsp3) is 0.0909. The Morgan fingerprint density at radius 1 is 1.35 bits per heavy atom. The summed E-state index contributed by atoms with van der Waals surface area (Å²) in [5, 5.41) is 0.556. The van der Waals surface area contributed by atoms with Crippen LogP contribution in [0.1, 0.15) is 5.56 Å². The average Bonchev–Trinajstić information content (AvgIpc) is 2.28. The van der Waals surface area contributed by atoms with Crippen LogP contribution in [0, 0.1) is 0 Å². The van der Waals surface area contributed by atoms with Gasteiger partial charge < -0.3 is 4.57 Å². The van der Waals surface area contributed by atoms with E-state index in [4.69, 9.17) is 23.2 Å². The monoisotopic (exact) mass is 332 g/mol. The Bertz CT molecular complexity index is 613. The van der Waals surface area contributed by atoms with Gasteiger partial charge in [-0.2, -0.15) is 0 Å². The van der Waals surface area contributed by atoms with E-state index >= 15 is 0 Å². The maximum atomic E-state index is 11.7. The van der Waals surface area contributed by atoms with Gasteiger partial charge in [0.2, 0.25) is 0 Å². The van der Waals surface area contributed by atoms with E-state index in [-0.39, 0.29) is 10.7 Å². The molecule has 0 spiro atoms. The number of halogens is 3. The van der Waals surface area contributed by atoms with Crippen LogP contribution in [0.15, 0.2) is 39.9 Å². The summed E-state index contributed by atoms with van der Waals surface area (Å²) in [6.07, 6.45) is 3.06. The molecule has 0 atom stereocenters. The minimum absolute atomic E-state index is 0.0410. The Kier molecular flexibility index (Phi) is 3.86. The van der Waals surface area contributed by atoms with E-state index in [1.54, 1.807) is 12.3 Å². The third-order valence-electron chi connectivity index (χ3n) is 2.23. The normalized spacial score (nSPS) is 10.5. The number of hydrogen-bond donors (Lipinski definition) is 0. The molecule has 2 aromatic rings. The molecule has 0 N–H and O–H groups in total. The minimum atomic E-state index is -0.326. The highest BCUT2D eigenvalue weighted by Gasteiger charge is 2.05. The van der Waals surface area contributed by atoms with Crippen LogP contribution in [-0.4, -0.2) is 9.55 Å². The molecule has 0 aliphatic carbocycles. The highest BCUT2D eigenvalue weighted by atomic mass is 79.9. The van der Waals surface area contributed by atoms with Crippen molar-refractivity contribution in [2.75, 3.05) is 0 Å². The summed E-state index contributed by atoms with van der Waals surface area (Å²) in [5.41, 5.74) is 0.521. The molecule has 88 valence electrons. The first-order valence-electron chi connectivity index (χ1n) is 4.73. The SMILES string of the molecule is O=c1c(Cl)nccn1Cc1ccc(Br)cc1Cl. The fourth-order valence-electron chi connectivity index (χ4n) is 1.38. The highest BCUT2D eigenvalue weighted by molar-refractivity contribution is 9.10. The van der Waals surface area contributed by atoms with Gasteiger partial charge in [0.15, 0.2) is 5.15 Å². The lowest BCUT2D eigenvalue weighted by Crippen LogP contribution is -2.21. The molecule has 0 aliphatic rings. The quantitative estimate of drug-likeness (QED) is 0.844. The van der Waals surface area contributed by atoms with Crippen LogP contribution in [0.4, 0.5) is 0 Å². The average molecular weight is 334 g/mol. The Labute approximate surface area is 116 Å². The van der Waals surface area contributed by atoms with Crippen molar-refractivity contribution in [2.24, 2.45) is 0 Å². The molecule has 0 fully saturated rings. The van der Waals surface area contributed by atoms with Gasteiger partial charge in [-0.25, -0.2) is 4.98 Å². The van der Waals surface area contributed by atoms with Gasteiger partial charge >= 0.3 is 0 Å². The van der Waals surface area contributed by atoms with Gasteiger partial charge in [-0.05, 0) is 17.7 Å². The fourth-order valence-corrected chi connectivity index (χ4v) is 2.28. The number of benzene rings is 1. The van der Waals surface area contributed by atoms with E-state index in [2.05, 4.69) is 20.9 Å². The Morgan fingerprint density at radius 3 is 2.82 bits per heavy atom. The number of rotatable bonds is 2. The second-order valence-corrected chi connectivity index (χ2v) is 5.07. The molecule has 0 amide bonds. The first-order valence-corrected chi connectivity index (χ1v) is 6.27. The molecule has 0 radical (unpaired) electrons. The topological polar surface area (TPSA) is 34.9 Å². The van der Waals surface area contributed by atoms with Crippen molar-refractivity contribution in [3.63, 3.8) is 0 Å². The standard InChI is InChI=1S/C11H7BrCl2N2O/c12-8-2-1-7(9(13)5-8)6-16-4-3-15-10(14)11(16)17/h1-5H,6H2. The van der Waals surface area contributed by atoms with Crippen molar-refractivity contribution in [3.05, 3.63) is 61.2 Å². The van der Waals surface area contributed by atoms with Crippen LogP contribution >= 0.6 is 39.1 Å². The predicted octanol–water partition coefficient (Wildman–Crippen LogP) is 3.36. The van der Waals surface area contributed by atoms with Crippen LogP contribution in [0.25, 0.3) is 0 Å². The Morgan fingerprint density at radius 2 is 2.12 bits per heavy atom. The summed E-state index contributed by atoms with van der Waals surface area (Å²) in [6, 6.07) is 5.51. The maximum Gasteiger partial charge on any atom is 0.288 e. The summed E-state index contributed by atoms with van der Waals surface area (Å²) in [5.74, 6) is 0. The van der Waals surface area contributed by atoms with E-state index in [0.717, 1.165) is 10.0 Å². The molecule has 0 unspecified atom stereocenters. The van der Waals surface area contributed by atoms with E-state index < -0.39 is 0 Å². The van der Waals surface area contributed by atoms with Crippen molar-refractivity contribution >= 4 is 39.1 Å². The zero-order valence-electron chi connectivity index (χ0n) is 8.53. The zero-order chi connectivity index (χ0) is 12.4. The minimum Gasteiger partial charge on any atom is -0.307 e. The lowest BCUT2D eigenvalue weighted by molar-refractivity contribution is 0.748. The van der Waals surface area contributed by atoms with Crippen LogP contribution < -0.4 is 5.56 Å². The largest absolute Gasteiger partial charge is 0.307 e. The van der Waals surface area contributed by atoms with Crippen molar-refractivity contribution in [2.45, 2.75) is 6.54 Å². The molecule has 3 nitrogen and oxygen atoms in total. The smallest absolute Gasteiger partial charge is 0.288 e. The third-order valence-corrected chi connectivity index (χ3v) is 3.33. The first kappa shape index (κ1) is 12.6. The Balaban J connectivity index is 2.38. The molecule has 1 aromatic heterocycles. The summed E-state index contributed by atoms with van der Waals surface area (Å²) in [4.78, 5) is 15.4. The van der Waals surface area contributed by atoms with Crippen LogP contribution in [0.3, 0.4) is 0 Å². The van der Waals surface area contributed by atoms with Gasteiger partial charge in [-0.15, -0.1) is 0 Å². The van der Waals surface area contributed by atoms with Gasteiger partial charge in [0.1, 0.15) is 0 Å². The van der Waals surface area contributed by atoms with E-state index in [1.165, 1.54) is 10.8 Å². The van der Waals surface area contributed by atoms with Crippen LogP contribution in [0.5, 0.6) is 0 Å². The van der Waals surface area contributed by atoms with E-state index in [0.29, 0.717) is 11.6 Å². The van der Waals surface area contributed by atoms with E-state index in [9.17, 15) is 4.79 Å². The lowest BCUT2D eigenvalue weighted by Gasteiger charge is -2.07. The third kappa shape index (κ3) is 2.89. The van der Waals surface area contributed by atoms with Crippen LogP contribution in [-0.2, 0) is 6.54 Å². The highest BCUT2D eigenvalue weighted by Crippen LogP contribution is 2.21. The molecule has 6 heteroatoms. The molecule has 2 rings (SSSR count). The van der Waals surface area contributed by atoms with E-state index in [1.807, 2.05) is 12.1 Å². The zero-order valence-corrected chi connectivity index (χ0v) is 11.6. The summed E-state index contributed by atoms with van der Waals surface area (Å²) < 4.78 is 2.36. The summed E-state index contributed by atoms with van der Waals surface area (Å²) >= 11 is 15.1. The molecule has 17 heavy (non-hydrogen) atoms. The van der Waals surface area contributed by atoms with Crippen molar-refractivity contribution < 1.29 is 0 Å².